The molecule has 1 amide bonds. The van der Waals surface area contributed by atoms with E-state index in [-0.39, 0.29) is 28.5 Å². The van der Waals surface area contributed by atoms with E-state index in [4.69, 9.17) is 27.7 Å². The van der Waals surface area contributed by atoms with Crippen LogP contribution in [0.2, 0.25) is 0 Å². The van der Waals surface area contributed by atoms with Crippen molar-refractivity contribution < 1.29 is 26.9 Å². The van der Waals surface area contributed by atoms with Gasteiger partial charge in [-0.2, -0.15) is 18.3 Å². The van der Waals surface area contributed by atoms with Crippen LogP contribution in [0.1, 0.15) is 24.2 Å². The molecule has 0 aromatic carbocycles. The van der Waals surface area contributed by atoms with Crippen LogP contribution in [0.25, 0.3) is 17.0 Å². The van der Waals surface area contributed by atoms with E-state index in [9.17, 15) is 22.4 Å². The second-order valence-electron chi connectivity index (χ2n) is 6.82. The largest absolute Gasteiger partial charge is 0.434 e. The first-order chi connectivity index (χ1) is 15.6. The highest BCUT2D eigenvalue weighted by molar-refractivity contribution is 6.30. The number of nitrogens with one attached hydrogen (secondary N) is 1. The van der Waals surface area contributed by atoms with E-state index >= 15 is 0 Å². The smallest absolute Gasteiger partial charge is 0.354 e. The molecular weight excluding hydrogens is 487 g/mol. The van der Waals surface area contributed by atoms with Crippen molar-refractivity contribution in [3.8, 4) is 11.3 Å². The minimum absolute atomic E-state index is 0.0968. The molecule has 2 heterocycles. The maximum Gasteiger partial charge on any atom is 0.434 e. The average molecular weight is 503 g/mol. The Bertz CT molecular complexity index is 1190. The lowest BCUT2D eigenvalue weighted by atomic mass is 9.93. The van der Waals surface area contributed by atoms with E-state index in [0.717, 1.165) is 12.3 Å². The van der Waals surface area contributed by atoms with Crippen LogP contribution < -0.4 is 5.32 Å². The normalized spacial score (nSPS) is 19.1. The van der Waals surface area contributed by atoms with E-state index in [1.54, 1.807) is 0 Å². The zero-order chi connectivity index (χ0) is 24.3. The number of hydrogen-bond acceptors (Lipinski definition) is 4. The molecule has 1 aliphatic carbocycles. The van der Waals surface area contributed by atoms with Crippen LogP contribution in [0.15, 0.2) is 64.6 Å². The molecule has 0 fully saturated rings. The number of amides is 1. The molecule has 2 atom stereocenters. The summed E-state index contributed by atoms with van der Waals surface area (Å²) in [6.07, 6.45) is 4.41. The third-order valence-electron chi connectivity index (χ3n) is 4.61. The van der Waals surface area contributed by atoms with Gasteiger partial charge in [0.2, 0.25) is 6.41 Å². The standard InChI is InChI=1S/C21H16Cl2F4N4O2/c1-11(22)5-3-6-12(2)31-20(21(25,26)27)13(9-29-31)19-18(28-10-32)17(30-33-19)16-14(23)7-4-8-15(16)24/h3-10,14,16H,1H2,2H3,(H,28,32)/b5-3-,12-6+. The molecule has 0 radical (unpaired) electrons. The van der Waals surface area contributed by atoms with Gasteiger partial charge in [-0.15, -0.1) is 11.6 Å². The van der Waals surface area contributed by atoms with Gasteiger partial charge in [-0.1, -0.05) is 41.6 Å². The van der Waals surface area contributed by atoms with Crippen LogP contribution >= 0.6 is 23.2 Å². The van der Waals surface area contributed by atoms with Gasteiger partial charge in [0.25, 0.3) is 0 Å². The van der Waals surface area contributed by atoms with E-state index in [0.29, 0.717) is 4.68 Å². The molecule has 2 unspecified atom stereocenters. The number of aromatic nitrogens is 3. The molecule has 0 aliphatic heterocycles. The van der Waals surface area contributed by atoms with Gasteiger partial charge in [0.15, 0.2) is 11.5 Å². The van der Waals surface area contributed by atoms with Crippen LogP contribution in [0, 0.1) is 0 Å². The number of hydrogen-bond donors (Lipinski definition) is 1. The monoisotopic (exact) mass is 502 g/mol. The number of nitrogens with zero attached hydrogens (tertiary/aromatic N) is 3. The second kappa shape index (κ2) is 9.80. The number of anilines is 1. The zero-order valence-corrected chi connectivity index (χ0v) is 18.4. The Morgan fingerprint density at radius 2 is 2.12 bits per heavy atom. The molecule has 33 heavy (non-hydrogen) atoms. The predicted molar refractivity (Wildman–Crippen MR) is 117 cm³/mol. The Morgan fingerprint density at radius 3 is 2.73 bits per heavy atom. The second-order valence-corrected chi connectivity index (χ2v) is 7.81. The van der Waals surface area contributed by atoms with Crippen LogP contribution in [-0.4, -0.2) is 26.7 Å². The van der Waals surface area contributed by atoms with E-state index in [2.05, 4.69) is 22.2 Å². The van der Waals surface area contributed by atoms with Gasteiger partial charge in [0.05, 0.1) is 23.1 Å². The minimum atomic E-state index is -4.88. The lowest BCUT2D eigenvalue weighted by Crippen LogP contribution is -2.16. The number of allylic oxidation sites excluding steroid dienone is 9. The van der Waals surface area contributed by atoms with Crippen molar-refractivity contribution in [2.24, 2.45) is 0 Å². The fraction of sp³-hybridized carbons (Fsp3) is 0.190. The molecule has 12 heteroatoms. The summed E-state index contributed by atoms with van der Waals surface area (Å²) in [5.41, 5.74) is -2.00. The van der Waals surface area contributed by atoms with Gasteiger partial charge in [-0.3, -0.25) is 4.79 Å². The van der Waals surface area contributed by atoms with Crippen LogP contribution in [0.5, 0.6) is 0 Å². The molecule has 0 bridgehead atoms. The van der Waals surface area contributed by atoms with Crippen molar-refractivity contribution in [3.63, 3.8) is 0 Å². The molecule has 3 rings (SSSR count). The van der Waals surface area contributed by atoms with Crippen molar-refractivity contribution in [1.29, 1.82) is 0 Å². The van der Waals surface area contributed by atoms with Crippen molar-refractivity contribution in [2.75, 3.05) is 5.32 Å². The molecule has 0 spiro atoms. The van der Waals surface area contributed by atoms with Crippen molar-refractivity contribution >= 4 is 41.0 Å². The summed E-state index contributed by atoms with van der Waals surface area (Å²) in [7, 11) is 0. The maximum absolute atomic E-state index is 14.5. The van der Waals surface area contributed by atoms with Crippen LogP contribution in [0.4, 0.5) is 23.2 Å². The molecule has 6 nitrogen and oxygen atoms in total. The van der Waals surface area contributed by atoms with Gasteiger partial charge < -0.3 is 9.84 Å². The lowest BCUT2D eigenvalue weighted by Gasteiger charge is -2.19. The molecule has 174 valence electrons. The summed E-state index contributed by atoms with van der Waals surface area (Å²) in [5, 5.41) is 9.09. The van der Waals surface area contributed by atoms with Gasteiger partial charge in [0.1, 0.15) is 17.2 Å². The fourth-order valence-corrected chi connectivity index (χ4v) is 3.61. The summed E-state index contributed by atoms with van der Waals surface area (Å²) >= 11 is 11.8. The van der Waals surface area contributed by atoms with Gasteiger partial charge in [0, 0.05) is 10.7 Å². The summed E-state index contributed by atoms with van der Waals surface area (Å²) in [5.74, 6) is -2.31. The number of carbonyl (C=O) groups is 1. The van der Waals surface area contributed by atoms with Gasteiger partial charge in [-0.05, 0) is 25.2 Å². The third kappa shape index (κ3) is 5.12. The minimum Gasteiger partial charge on any atom is -0.354 e. The Hall–Kier alpha value is -3.11. The Kier molecular flexibility index (Phi) is 7.28. The molecule has 0 saturated heterocycles. The van der Waals surface area contributed by atoms with E-state index in [1.807, 2.05) is 0 Å². The summed E-state index contributed by atoms with van der Waals surface area (Å²) in [6, 6.07) is 0. The predicted octanol–water partition coefficient (Wildman–Crippen LogP) is 6.41. The first kappa shape index (κ1) is 24.5. The highest BCUT2D eigenvalue weighted by Gasteiger charge is 2.42. The first-order valence-electron chi connectivity index (χ1n) is 9.29. The Morgan fingerprint density at radius 1 is 1.39 bits per heavy atom. The molecular formula is C21H16Cl2F4N4O2. The average Bonchev–Trinajstić information content (AvgIpc) is 3.32. The molecule has 0 saturated carbocycles. The van der Waals surface area contributed by atoms with Crippen molar-refractivity contribution in [1.82, 2.24) is 14.9 Å². The highest BCUT2D eigenvalue weighted by Crippen LogP contribution is 2.45. The van der Waals surface area contributed by atoms with Gasteiger partial charge in [-0.25, -0.2) is 9.07 Å². The quantitative estimate of drug-likeness (QED) is 0.205. The Balaban J connectivity index is 2.17. The van der Waals surface area contributed by atoms with Crippen molar-refractivity contribution in [3.05, 3.63) is 71.5 Å². The lowest BCUT2D eigenvalue weighted by molar-refractivity contribution is -0.142. The topological polar surface area (TPSA) is 73.0 Å². The highest BCUT2D eigenvalue weighted by atomic mass is 35.5. The number of rotatable bonds is 7. The molecule has 1 aliphatic rings. The van der Waals surface area contributed by atoms with Crippen LogP contribution in [-0.2, 0) is 11.0 Å². The zero-order valence-electron chi connectivity index (χ0n) is 16.9. The third-order valence-corrected chi connectivity index (χ3v) is 5.14. The maximum atomic E-state index is 14.5. The van der Waals surface area contributed by atoms with E-state index < -0.39 is 40.3 Å². The van der Waals surface area contributed by atoms with E-state index in [1.165, 1.54) is 37.3 Å². The Labute approximate surface area is 195 Å². The molecule has 1 N–H and O–H groups in total. The number of alkyl halides is 4. The summed E-state index contributed by atoms with van der Waals surface area (Å²) in [4.78, 5) is 11.2. The van der Waals surface area contributed by atoms with Crippen LogP contribution in [0.3, 0.4) is 0 Å². The fourth-order valence-electron chi connectivity index (χ4n) is 3.22. The number of halogens is 6. The summed E-state index contributed by atoms with van der Waals surface area (Å²) in [6.45, 7) is 4.85. The number of carbonyl (C=O) groups excluding carboxylic acids is 1. The first-order valence-corrected chi connectivity index (χ1v) is 10.1. The molecule has 2 aromatic heterocycles. The summed E-state index contributed by atoms with van der Waals surface area (Å²) < 4.78 is 62.4. The van der Waals surface area contributed by atoms with Crippen molar-refractivity contribution in [2.45, 2.75) is 24.4 Å². The molecule has 2 aromatic rings. The SMILES string of the molecule is C=C(Cl)/C=C\C=C(/C)n1ncc(-c2onc(C3C(F)=CC=CC3Cl)c2NC=O)c1C(F)(F)F. The van der Waals surface area contributed by atoms with Gasteiger partial charge >= 0.3 is 6.18 Å².